The van der Waals surface area contributed by atoms with Gasteiger partial charge in [-0.25, -0.2) is 4.98 Å². The van der Waals surface area contributed by atoms with E-state index in [2.05, 4.69) is 33.7 Å². The summed E-state index contributed by atoms with van der Waals surface area (Å²) in [7, 11) is 1.87. The van der Waals surface area contributed by atoms with E-state index in [1.807, 2.05) is 80.8 Å². The van der Waals surface area contributed by atoms with Crippen LogP contribution >= 0.6 is 0 Å². The summed E-state index contributed by atoms with van der Waals surface area (Å²) in [4.78, 5) is 17.8. The van der Waals surface area contributed by atoms with E-state index >= 15 is 0 Å². The van der Waals surface area contributed by atoms with E-state index in [-0.39, 0.29) is 11.8 Å². The predicted octanol–water partition coefficient (Wildman–Crippen LogP) is 4.74. The summed E-state index contributed by atoms with van der Waals surface area (Å²) in [5.41, 5.74) is 5.57. The van der Waals surface area contributed by atoms with Crippen LogP contribution in [0.2, 0.25) is 0 Å². The van der Waals surface area contributed by atoms with Crippen molar-refractivity contribution >= 4 is 11.7 Å². The fraction of sp³-hybridized carbons (Fsp3) is 0.214. The summed E-state index contributed by atoms with van der Waals surface area (Å²) >= 11 is 0. The minimum absolute atomic E-state index is 0.154. The molecule has 0 aliphatic rings. The van der Waals surface area contributed by atoms with Crippen LogP contribution < -0.4 is 10.6 Å². The van der Waals surface area contributed by atoms with Gasteiger partial charge >= 0.3 is 0 Å². The fourth-order valence-corrected chi connectivity index (χ4v) is 3.99. The second-order valence-electron chi connectivity index (χ2n) is 8.66. The van der Waals surface area contributed by atoms with Crippen molar-refractivity contribution < 1.29 is 4.79 Å². The topological polar surface area (TPSA) is 95.6 Å². The van der Waals surface area contributed by atoms with Crippen molar-refractivity contribution in [2.24, 2.45) is 7.05 Å². The third kappa shape index (κ3) is 5.81. The lowest BCUT2D eigenvalue weighted by Gasteiger charge is -2.21. The lowest BCUT2D eigenvalue weighted by atomic mass is 9.98. The van der Waals surface area contributed by atoms with Gasteiger partial charge in [-0.1, -0.05) is 49.4 Å². The first-order valence-electron chi connectivity index (χ1n) is 11.5. The van der Waals surface area contributed by atoms with Crippen molar-refractivity contribution in [3.05, 3.63) is 102 Å². The molecule has 0 spiro atoms. The minimum atomic E-state index is -0.544. The molecular weight excluding hydrogens is 436 g/mol. The third-order valence-corrected chi connectivity index (χ3v) is 6.01. The summed E-state index contributed by atoms with van der Waals surface area (Å²) in [6.45, 7) is 4.67. The number of hydrogen-bond acceptors (Lipinski definition) is 5. The number of aromatic nitrogens is 3. The summed E-state index contributed by atoms with van der Waals surface area (Å²) in [6, 6.07) is 20.7. The Labute approximate surface area is 205 Å². The van der Waals surface area contributed by atoms with Gasteiger partial charge in [-0.15, -0.1) is 0 Å². The zero-order valence-electron chi connectivity index (χ0n) is 20.1. The number of amides is 1. The van der Waals surface area contributed by atoms with Crippen molar-refractivity contribution in [3.8, 4) is 17.2 Å². The van der Waals surface area contributed by atoms with Crippen molar-refractivity contribution in [2.45, 2.75) is 25.8 Å². The number of nitrogens with zero attached hydrogens (tertiary/aromatic N) is 4. The maximum absolute atomic E-state index is 13.4. The second kappa shape index (κ2) is 10.8. The van der Waals surface area contributed by atoms with Gasteiger partial charge in [0.2, 0.25) is 5.91 Å². The quantitative estimate of drug-likeness (QED) is 0.393. The number of carbonyl (C=O) groups excluding carboxylic acids is 1. The van der Waals surface area contributed by atoms with Crippen LogP contribution in [-0.2, 0) is 11.8 Å². The Morgan fingerprint density at radius 2 is 1.83 bits per heavy atom. The highest BCUT2D eigenvalue weighted by atomic mass is 16.2. The van der Waals surface area contributed by atoms with Gasteiger partial charge in [0.1, 0.15) is 11.9 Å². The summed E-state index contributed by atoms with van der Waals surface area (Å²) in [6.07, 6.45) is 5.50. The highest BCUT2D eigenvalue weighted by Gasteiger charge is 2.22. The lowest BCUT2D eigenvalue weighted by molar-refractivity contribution is -0.118. The summed E-state index contributed by atoms with van der Waals surface area (Å²) in [5.74, 6) is 0.480. The van der Waals surface area contributed by atoms with Crippen LogP contribution in [0.4, 0.5) is 5.82 Å². The number of hydrogen-bond donors (Lipinski definition) is 2. The predicted molar refractivity (Wildman–Crippen MR) is 137 cm³/mol. The van der Waals surface area contributed by atoms with Gasteiger partial charge in [0.15, 0.2) is 0 Å². The fourth-order valence-electron chi connectivity index (χ4n) is 3.99. The first-order valence-corrected chi connectivity index (χ1v) is 11.5. The van der Waals surface area contributed by atoms with Crippen molar-refractivity contribution in [1.29, 1.82) is 5.26 Å². The number of aryl methyl sites for hydroxylation is 2. The van der Waals surface area contributed by atoms with Crippen LogP contribution in [0.15, 0.2) is 79.3 Å². The van der Waals surface area contributed by atoms with Gasteiger partial charge in [-0.3, -0.25) is 9.48 Å². The van der Waals surface area contributed by atoms with Crippen molar-refractivity contribution in [2.75, 3.05) is 11.9 Å². The Morgan fingerprint density at radius 1 is 1.09 bits per heavy atom. The molecule has 2 aromatic heterocycles. The number of nitrogens with one attached hydrogen (secondary N) is 2. The van der Waals surface area contributed by atoms with Gasteiger partial charge in [-0.2, -0.15) is 10.4 Å². The average molecular weight is 465 g/mol. The standard InChI is InChI=1S/C28H28N6O/c1-19-13-26(30-17-25(19)24-16-32-34(3)18-24)33-28(35)27(23-7-5-4-6-8-23)31-15-20(2)22-11-9-21(14-29)10-12-22/h4-13,16-18,20,27,31H,15H2,1-3H3,(H,30,33,35)/t20-,27+/m0/s1. The Balaban J connectivity index is 1.49. The summed E-state index contributed by atoms with van der Waals surface area (Å²) in [5, 5.41) is 19.6. The maximum Gasteiger partial charge on any atom is 0.247 e. The molecular formula is C28H28N6O. The molecule has 4 aromatic rings. The first-order chi connectivity index (χ1) is 16.9. The van der Waals surface area contributed by atoms with E-state index in [9.17, 15) is 4.79 Å². The Kier molecular flexibility index (Phi) is 7.34. The van der Waals surface area contributed by atoms with Gasteiger partial charge in [0.25, 0.3) is 0 Å². The Morgan fingerprint density at radius 3 is 2.46 bits per heavy atom. The molecule has 2 N–H and O–H groups in total. The van der Waals surface area contributed by atoms with E-state index in [1.165, 1.54) is 0 Å². The van der Waals surface area contributed by atoms with Gasteiger partial charge in [0.05, 0.1) is 17.8 Å². The smallest absolute Gasteiger partial charge is 0.247 e. The van der Waals surface area contributed by atoms with Gasteiger partial charge in [0, 0.05) is 37.1 Å². The molecule has 0 unspecified atom stereocenters. The van der Waals surface area contributed by atoms with E-state index < -0.39 is 6.04 Å². The monoisotopic (exact) mass is 464 g/mol. The highest BCUT2D eigenvalue weighted by Crippen LogP contribution is 2.25. The molecule has 7 heteroatoms. The van der Waals surface area contributed by atoms with E-state index in [4.69, 9.17) is 5.26 Å². The van der Waals surface area contributed by atoms with Crippen LogP contribution in [0, 0.1) is 18.3 Å². The van der Waals surface area contributed by atoms with Crippen molar-refractivity contribution in [3.63, 3.8) is 0 Å². The average Bonchev–Trinajstić information content (AvgIpc) is 3.30. The molecule has 2 heterocycles. The van der Waals surface area contributed by atoms with Crippen LogP contribution in [0.3, 0.4) is 0 Å². The maximum atomic E-state index is 13.4. The molecule has 0 radical (unpaired) electrons. The Hall–Kier alpha value is -4.28. The van der Waals surface area contributed by atoms with Gasteiger partial charge in [-0.05, 0) is 47.7 Å². The first kappa shape index (κ1) is 23.9. The number of benzene rings is 2. The zero-order chi connectivity index (χ0) is 24.8. The number of carbonyl (C=O) groups is 1. The molecule has 2 atom stereocenters. The summed E-state index contributed by atoms with van der Waals surface area (Å²) < 4.78 is 1.75. The molecule has 4 rings (SSSR count). The molecule has 7 nitrogen and oxygen atoms in total. The number of pyridine rings is 1. The second-order valence-corrected chi connectivity index (χ2v) is 8.66. The van der Waals surface area contributed by atoms with Crippen LogP contribution in [-0.4, -0.2) is 27.2 Å². The molecule has 0 saturated heterocycles. The number of rotatable bonds is 8. The van der Waals surface area contributed by atoms with Crippen LogP contribution in [0.25, 0.3) is 11.1 Å². The van der Waals surface area contributed by atoms with E-state index in [0.29, 0.717) is 17.9 Å². The number of anilines is 1. The molecule has 0 fully saturated rings. The molecule has 176 valence electrons. The van der Waals surface area contributed by atoms with E-state index in [0.717, 1.165) is 27.8 Å². The molecule has 0 aliphatic carbocycles. The van der Waals surface area contributed by atoms with E-state index in [1.54, 1.807) is 17.1 Å². The highest BCUT2D eigenvalue weighted by molar-refractivity contribution is 5.95. The largest absolute Gasteiger partial charge is 0.309 e. The zero-order valence-corrected chi connectivity index (χ0v) is 20.1. The SMILES string of the molecule is Cc1cc(NC(=O)[C@H](NC[C@H](C)c2ccc(C#N)cc2)c2ccccc2)ncc1-c1cnn(C)c1. The minimum Gasteiger partial charge on any atom is -0.309 e. The molecule has 35 heavy (non-hydrogen) atoms. The third-order valence-electron chi connectivity index (χ3n) is 6.01. The molecule has 0 aliphatic heterocycles. The molecule has 0 saturated carbocycles. The molecule has 0 bridgehead atoms. The van der Waals surface area contributed by atoms with Gasteiger partial charge < -0.3 is 10.6 Å². The number of nitriles is 1. The lowest BCUT2D eigenvalue weighted by Crippen LogP contribution is -2.35. The molecule has 1 amide bonds. The van der Waals surface area contributed by atoms with Crippen LogP contribution in [0.5, 0.6) is 0 Å². The molecule has 2 aromatic carbocycles. The van der Waals surface area contributed by atoms with Crippen LogP contribution in [0.1, 0.15) is 41.1 Å². The Bertz CT molecular complexity index is 1340. The normalized spacial score (nSPS) is 12.5. The van der Waals surface area contributed by atoms with Crippen molar-refractivity contribution in [1.82, 2.24) is 20.1 Å².